The Morgan fingerprint density at radius 1 is 0.905 bits per heavy atom. The molecule has 0 aromatic carbocycles. The molecule has 3 aromatic heterocycles. The number of hydrogen-bond acceptors (Lipinski definition) is 2. The Balaban J connectivity index is 2.15. The molecule has 0 N–H and O–H groups in total. The summed E-state index contributed by atoms with van der Waals surface area (Å²) < 4.78 is 65.5. The van der Waals surface area contributed by atoms with Gasteiger partial charge in [-0.15, -0.1) is 0 Å². The highest BCUT2D eigenvalue weighted by molar-refractivity contribution is 5.59. The molecule has 0 amide bonds. The van der Waals surface area contributed by atoms with Gasteiger partial charge in [-0.2, -0.15) is 17.6 Å². The Hall–Kier alpha value is -2.51. The van der Waals surface area contributed by atoms with Crippen LogP contribution in [-0.4, -0.2) is 14.4 Å². The molecular formula is C13H6F5N3. The smallest absolute Gasteiger partial charge is 0.306 e. The van der Waals surface area contributed by atoms with Crippen molar-refractivity contribution in [2.75, 3.05) is 0 Å². The fraction of sp³-hybridized carbons (Fsp3) is 0.0769. The van der Waals surface area contributed by atoms with Gasteiger partial charge < -0.3 is 4.40 Å². The molecular weight excluding hydrogens is 293 g/mol. The average Bonchev–Trinajstić information content (AvgIpc) is 2.83. The highest BCUT2D eigenvalue weighted by atomic mass is 19.4. The fourth-order valence-electron chi connectivity index (χ4n) is 1.87. The summed E-state index contributed by atoms with van der Waals surface area (Å²) in [6.45, 7) is 0. The molecule has 21 heavy (non-hydrogen) atoms. The second-order valence-corrected chi connectivity index (χ2v) is 4.27. The zero-order valence-corrected chi connectivity index (χ0v) is 10.2. The molecule has 0 fully saturated rings. The summed E-state index contributed by atoms with van der Waals surface area (Å²) in [6.07, 6.45) is -2.51. The third-order valence-electron chi connectivity index (χ3n) is 2.83. The van der Waals surface area contributed by atoms with Crippen LogP contribution in [0.15, 0.2) is 36.7 Å². The molecule has 3 nitrogen and oxygen atoms in total. The van der Waals surface area contributed by atoms with E-state index in [1.807, 2.05) is 0 Å². The van der Waals surface area contributed by atoms with Crippen LogP contribution in [0.2, 0.25) is 0 Å². The second kappa shape index (κ2) is 4.51. The molecule has 3 aromatic rings. The quantitative estimate of drug-likeness (QED) is 0.506. The van der Waals surface area contributed by atoms with E-state index in [4.69, 9.17) is 0 Å². The van der Waals surface area contributed by atoms with E-state index in [-0.39, 0.29) is 17.0 Å². The molecule has 0 atom stereocenters. The Kier molecular flexibility index (Phi) is 2.89. The summed E-state index contributed by atoms with van der Waals surface area (Å²) in [4.78, 5) is 7.30. The van der Waals surface area contributed by atoms with Crippen LogP contribution in [0.25, 0.3) is 17.0 Å². The van der Waals surface area contributed by atoms with E-state index >= 15 is 0 Å². The van der Waals surface area contributed by atoms with Crippen LogP contribution in [0.4, 0.5) is 22.0 Å². The third kappa shape index (κ3) is 2.44. The van der Waals surface area contributed by atoms with Crippen molar-refractivity contribution < 1.29 is 22.0 Å². The van der Waals surface area contributed by atoms with Gasteiger partial charge in [-0.1, -0.05) is 0 Å². The molecule has 0 unspecified atom stereocenters. The summed E-state index contributed by atoms with van der Waals surface area (Å²) in [6, 6.07) is 3.73. The maximum Gasteiger partial charge on any atom is 0.417 e. The van der Waals surface area contributed by atoms with Crippen molar-refractivity contribution in [2.45, 2.75) is 6.18 Å². The van der Waals surface area contributed by atoms with E-state index in [1.54, 1.807) is 0 Å². The zero-order chi connectivity index (χ0) is 15.2. The van der Waals surface area contributed by atoms with E-state index in [2.05, 4.69) is 9.97 Å². The number of imidazole rings is 1. The molecule has 3 heterocycles. The number of nitrogens with zero attached hydrogens (tertiary/aromatic N) is 3. The Bertz CT molecular complexity index is 822. The van der Waals surface area contributed by atoms with Gasteiger partial charge in [-0.05, 0) is 24.3 Å². The lowest BCUT2D eigenvalue weighted by atomic mass is 10.3. The van der Waals surface area contributed by atoms with Gasteiger partial charge in [0.05, 0.1) is 5.56 Å². The van der Waals surface area contributed by atoms with Crippen molar-refractivity contribution in [3.63, 3.8) is 0 Å². The molecule has 0 bridgehead atoms. The number of aromatic nitrogens is 3. The summed E-state index contributed by atoms with van der Waals surface area (Å²) in [5, 5.41) is 0. The minimum Gasteiger partial charge on any atom is -0.306 e. The van der Waals surface area contributed by atoms with Gasteiger partial charge in [0.1, 0.15) is 17.0 Å². The van der Waals surface area contributed by atoms with Crippen LogP contribution >= 0.6 is 0 Å². The molecule has 0 spiro atoms. The minimum absolute atomic E-state index is 0.0497. The van der Waals surface area contributed by atoms with Crippen LogP contribution in [-0.2, 0) is 6.18 Å². The number of pyridine rings is 2. The molecule has 0 aliphatic rings. The van der Waals surface area contributed by atoms with Crippen molar-refractivity contribution >= 4 is 5.65 Å². The van der Waals surface area contributed by atoms with E-state index in [9.17, 15) is 22.0 Å². The van der Waals surface area contributed by atoms with Crippen molar-refractivity contribution in [3.8, 4) is 11.4 Å². The first-order valence-electron chi connectivity index (χ1n) is 5.73. The SMILES string of the molecule is Fc1ccc(F)c(-c2cn3cc(C(F)(F)F)ccc3n2)n1. The van der Waals surface area contributed by atoms with Crippen LogP contribution < -0.4 is 0 Å². The first-order chi connectivity index (χ1) is 9.84. The van der Waals surface area contributed by atoms with Crippen LogP contribution in [0.3, 0.4) is 0 Å². The Labute approximate surface area is 114 Å². The van der Waals surface area contributed by atoms with Gasteiger partial charge in [0, 0.05) is 12.4 Å². The molecule has 0 radical (unpaired) electrons. The highest BCUT2D eigenvalue weighted by Crippen LogP contribution is 2.30. The lowest BCUT2D eigenvalue weighted by Crippen LogP contribution is -2.05. The van der Waals surface area contributed by atoms with E-state index in [0.717, 1.165) is 41.1 Å². The molecule has 0 saturated heterocycles. The highest BCUT2D eigenvalue weighted by Gasteiger charge is 2.31. The van der Waals surface area contributed by atoms with Crippen LogP contribution in [0, 0.1) is 11.8 Å². The van der Waals surface area contributed by atoms with Gasteiger partial charge in [0.15, 0.2) is 5.82 Å². The van der Waals surface area contributed by atoms with Crippen molar-refractivity contribution in [1.82, 2.24) is 14.4 Å². The van der Waals surface area contributed by atoms with Gasteiger partial charge in [0.25, 0.3) is 0 Å². The predicted octanol–water partition coefficient (Wildman–Crippen LogP) is 3.69. The van der Waals surface area contributed by atoms with Crippen LogP contribution in [0.5, 0.6) is 0 Å². The molecule has 0 aliphatic heterocycles. The lowest BCUT2D eigenvalue weighted by molar-refractivity contribution is -0.137. The van der Waals surface area contributed by atoms with Crippen molar-refractivity contribution in [2.24, 2.45) is 0 Å². The second-order valence-electron chi connectivity index (χ2n) is 4.27. The third-order valence-corrected chi connectivity index (χ3v) is 2.83. The first kappa shape index (κ1) is 13.5. The number of fused-ring (bicyclic) bond motifs is 1. The summed E-state index contributed by atoms with van der Waals surface area (Å²) >= 11 is 0. The minimum atomic E-state index is -4.50. The maximum atomic E-state index is 13.6. The number of halogens is 5. The van der Waals surface area contributed by atoms with Gasteiger partial charge in [0.2, 0.25) is 5.95 Å². The largest absolute Gasteiger partial charge is 0.417 e. The maximum absolute atomic E-state index is 13.6. The molecule has 0 saturated carbocycles. The number of rotatable bonds is 1. The first-order valence-corrected chi connectivity index (χ1v) is 5.73. The van der Waals surface area contributed by atoms with Crippen molar-refractivity contribution in [1.29, 1.82) is 0 Å². The molecule has 0 aliphatic carbocycles. The zero-order valence-electron chi connectivity index (χ0n) is 10.2. The monoisotopic (exact) mass is 299 g/mol. The van der Waals surface area contributed by atoms with Crippen LogP contribution in [0.1, 0.15) is 5.56 Å². The Morgan fingerprint density at radius 2 is 1.67 bits per heavy atom. The molecule has 108 valence electrons. The molecule has 8 heteroatoms. The predicted molar refractivity (Wildman–Crippen MR) is 63.3 cm³/mol. The molecule has 3 rings (SSSR count). The standard InChI is InChI=1S/C13H6F5N3/c14-8-2-3-10(15)20-12(8)9-6-21-5-7(13(16,17)18)1-4-11(21)19-9/h1-6H. The average molecular weight is 299 g/mol. The van der Waals surface area contributed by atoms with Gasteiger partial charge in [-0.25, -0.2) is 14.4 Å². The van der Waals surface area contributed by atoms with E-state index < -0.39 is 23.5 Å². The number of hydrogen-bond donors (Lipinski definition) is 0. The summed E-state index contributed by atoms with van der Waals surface area (Å²) in [7, 11) is 0. The number of alkyl halides is 3. The van der Waals surface area contributed by atoms with E-state index in [0.29, 0.717) is 0 Å². The lowest BCUT2D eigenvalue weighted by Gasteiger charge is -2.05. The topological polar surface area (TPSA) is 30.2 Å². The van der Waals surface area contributed by atoms with Crippen molar-refractivity contribution in [3.05, 3.63) is 54.0 Å². The van der Waals surface area contributed by atoms with Gasteiger partial charge in [-0.3, -0.25) is 0 Å². The normalized spacial score (nSPS) is 12.0. The van der Waals surface area contributed by atoms with E-state index in [1.165, 1.54) is 0 Å². The Morgan fingerprint density at radius 3 is 2.38 bits per heavy atom. The fourth-order valence-corrected chi connectivity index (χ4v) is 1.87. The summed E-state index contributed by atoms with van der Waals surface area (Å²) in [5.74, 6) is -1.71. The van der Waals surface area contributed by atoms with Gasteiger partial charge >= 0.3 is 6.18 Å². The summed E-state index contributed by atoms with van der Waals surface area (Å²) in [5.41, 5.74) is -1.10.